The minimum absolute atomic E-state index is 0.0412. The Labute approximate surface area is 109 Å². The molecule has 1 rings (SSSR count). The number of hydrogen-bond donors (Lipinski definition) is 2. The van der Waals surface area contributed by atoms with Gasteiger partial charge in [-0.25, -0.2) is 13.1 Å². The highest BCUT2D eigenvalue weighted by Gasteiger charge is 2.26. The van der Waals surface area contributed by atoms with Gasteiger partial charge in [0.05, 0.1) is 5.75 Å². The van der Waals surface area contributed by atoms with E-state index in [1.165, 1.54) is 6.42 Å². The normalized spacial score (nSPS) is 18.6. The summed E-state index contributed by atoms with van der Waals surface area (Å²) in [5.41, 5.74) is 0. The summed E-state index contributed by atoms with van der Waals surface area (Å²) in [5, 5.41) is 8.99. The SMILES string of the molecule is CC(C)C[C@@H](NS(=O)(=O)CCC1CCC1)C(=O)O. The highest BCUT2D eigenvalue weighted by atomic mass is 32.2. The van der Waals surface area contributed by atoms with Crippen LogP contribution < -0.4 is 4.72 Å². The number of carbonyl (C=O) groups is 1. The number of aliphatic carboxylic acids is 1. The molecule has 0 saturated heterocycles. The van der Waals surface area contributed by atoms with Gasteiger partial charge in [-0.3, -0.25) is 4.79 Å². The molecule has 0 spiro atoms. The molecule has 6 heteroatoms. The van der Waals surface area contributed by atoms with Crippen molar-refractivity contribution in [2.75, 3.05) is 5.75 Å². The summed E-state index contributed by atoms with van der Waals surface area (Å²) in [5.74, 6) is -0.411. The molecule has 0 radical (unpaired) electrons. The van der Waals surface area contributed by atoms with Crippen LogP contribution in [0.5, 0.6) is 0 Å². The van der Waals surface area contributed by atoms with E-state index in [2.05, 4.69) is 4.72 Å². The fourth-order valence-electron chi connectivity index (χ4n) is 2.05. The maximum Gasteiger partial charge on any atom is 0.321 e. The third-order valence-electron chi connectivity index (χ3n) is 3.35. The largest absolute Gasteiger partial charge is 0.480 e. The van der Waals surface area contributed by atoms with Crippen LogP contribution >= 0.6 is 0 Å². The Bertz CT molecular complexity index is 374. The highest BCUT2D eigenvalue weighted by Crippen LogP contribution is 2.29. The van der Waals surface area contributed by atoms with Crippen molar-refractivity contribution < 1.29 is 18.3 Å². The molecular formula is C12H23NO4S. The van der Waals surface area contributed by atoms with E-state index in [0.29, 0.717) is 18.8 Å². The predicted molar refractivity (Wildman–Crippen MR) is 69.8 cm³/mol. The van der Waals surface area contributed by atoms with Crippen molar-refractivity contribution in [3.05, 3.63) is 0 Å². The maximum absolute atomic E-state index is 11.8. The van der Waals surface area contributed by atoms with Crippen LogP contribution in [0.25, 0.3) is 0 Å². The van der Waals surface area contributed by atoms with E-state index in [1.54, 1.807) is 0 Å². The molecule has 0 heterocycles. The molecule has 1 aliphatic rings. The van der Waals surface area contributed by atoms with Gasteiger partial charge >= 0.3 is 5.97 Å². The number of carboxylic acid groups (broad SMARTS) is 1. The third kappa shape index (κ3) is 5.35. The van der Waals surface area contributed by atoms with E-state index in [9.17, 15) is 13.2 Å². The first-order chi connectivity index (χ1) is 8.30. The molecule has 0 amide bonds. The second-order valence-corrected chi connectivity index (χ2v) is 7.42. The van der Waals surface area contributed by atoms with Gasteiger partial charge in [0, 0.05) is 0 Å². The lowest BCUT2D eigenvalue weighted by atomic mass is 9.84. The molecule has 5 nitrogen and oxygen atoms in total. The van der Waals surface area contributed by atoms with Crippen LogP contribution in [-0.4, -0.2) is 31.3 Å². The zero-order chi connectivity index (χ0) is 13.8. The van der Waals surface area contributed by atoms with E-state index in [0.717, 1.165) is 12.8 Å². The minimum Gasteiger partial charge on any atom is -0.480 e. The Kier molecular flexibility index (Phi) is 5.59. The van der Waals surface area contributed by atoms with Crippen molar-refractivity contribution in [2.45, 2.75) is 52.0 Å². The molecule has 1 saturated carbocycles. The van der Waals surface area contributed by atoms with E-state index >= 15 is 0 Å². The molecule has 18 heavy (non-hydrogen) atoms. The van der Waals surface area contributed by atoms with Crippen LogP contribution in [-0.2, 0) is 14.8 Å². The van der Waals surface area contributed by atoms with Crippen molar-refractivity contribution in [1.29, 1.82) is 0 Å². The molecular weight excluding hydrogens is 254 g/mol. The average Bonchev–Trinajstić information content (AvgIpc) is 2.12. The van der Waals surface area contributed by atoms with Crippen molar-refractivity contribution in [1.82, 2.24) is 4.72 Å². The van der Waals surface area contributed by atoms with Gasteiger partial charge in [-0.05, 0) is 24.7 Å². The summed E-state index contributed by atoms with van der Waals surface area (Å²) in [6.07, 6.45) is 4.35. The Morgan fingerprint density at radius 2 is 2.00 bits per heavy atom. The Hall–Kier alpha value is -0.620. The summed E-state index contributed by atoms with van der Waals surface area (Å²) in [4.78, 5) is 11.0. The van der Waals surface area contributed by atoms with Gasteiger partial charge in [0.1, 0.15) is 6.04 Å². The van der Waals surface area contributed by atoms with Crippen LogP contribution in [0, 0.1) is 11.8 Å². The number of nitrogens with one attached hydrogen (secondary N) is 1. The zero-order valence-corrected chi connectivity index (χ0v) is 11.9. The van der Waals surface area contributed by atoms with Gasteiger partial charge in [0.25, 0.3) is 0 Å². The topological polar surface area (TPSA) is 83.5 Å². The van der Waals surface area contributed by atoms with Crippen LogP contribution in [0.15, 0.2) is 0 Å². The standard InChI is InChI=1S/C12H23NO4S/c1-9(2)8-11(12(14)15)13-18(16,17)7-6-10-4-3-5-10/h9-11,13H,3-8H2,1-2H3,(H,14,15)/t11-/m1/s1. The summed E-state index contributed by atoms with van der Waals surface area (Å²) in [6, 6.07) is -1.00. The molecule has 0 unspecified atom stereocenters. The van der Waals surface area contributed by atoms with Gasteiger partial charge in [-0.1, -0.05) is 33.1 Å². The summed E-state index contributed by atoms with van der Waals surface area (Å²) >= 11 is 0. The lowest BCUT2D eigenvalue weighted by Crippen LogP contribution is -2.42. The lowest BCUT2D eigenvalue weighted by Gasteiger charge is -2.25. The predicted octanol–water partition coefficient (Wildman–Crippen LogP) is 1.60. The number of hydrogen-bond acceptors (Lipinski definition) is 3. The van der Waals surface area contributed by atoms with E-state index in [1.807, 2.05) is 13.8 Å². The van der Waals surface area contributed by atoms with Crippen molar-refractivity contribution in [3.8, 4) is 0 Å². The molecule has 0 aliphatic heterocycles. The van der Waals surface area contributed by atoms with Gasteiger partial charge in [-0.2, -0.15) is 0 Å². The summed E-state index contributed by atoms with van der Waals surface area (Å²) in [7, 11) is -3.47. The second kappa shape index (κ2) is 6.52. The first-order valence-electron chi connectivity index (χ1n) is 6.53. The smallest absolute Gasteiger partial charge is 0.321 e. The zero-order valence-electron chi connectivity index (χ0n) is 11.1. The quantitative estimate of drug-likeness (QED) is 0.706. The minimum atomic E-state index is -3.47. The van der Waals surface area contributed by atoms with Crippen LogP contribution in [0.3, 0.4) is 0 Å². The van der Waals surface area contributed by atoms with Crippen LogP contribution in [0.2, 0.25) is 0 Å². The highest BCUT2D eigenvalue weighted by molar-refractivity contribution is 7.89. The molecule has 0 aromatic heterocycles. The van der Waals surface area contributed by atoms with Crippen molar-refractivity contribution in [2.24, 2.45) is 11.8 Å². The van der Waals surface area contributed by atoms with E-state index in [-0.39, 0.29) is 11.7 Å². The maximum atomic E-state index is 11.8. The van der Waals surface area contributed by atoms with E-state index in [4.69, 9.17) is 5.11 Å². The number of rotatable bonds is 8. The van der Waals surface area contributed by atoms with Crippen molar-refractivity contribution >= 4 is 16.0 Å². The summed E-state index contributed by atoms with van der Waals surface area (Å²) in [6.45, 7) is 3.75. The van der Waals surface area contributed by atoms with Crippen LogP contribution in [0.1, 0.15) is 46.0 Å². The molecule has 106 valence electrons. The van der Waals surface area contributed by atoms with Gasteiger partial charge < -0.3 is 5.11 Å². The average molecular weight is 277 g/mol. The first-order valence-corrected chi connectivity index (χ1v) is 8.18. The third-order valence-corrected chi connectivity index (χ3v) is 4.76. The van der Waals surface area contributed by atoms with Gasteiger partial charge in [0.15, 0.2) is 0 Å². The molecule has 1 fully saturated rings. The number of carboxylic acids is 1. The molecule has 0 bridgehead atoms. The molecule has 1 atom stereocenters. The Balaban J connectivity index is 2.46. The first kappa shape index (κ1) is 15.4. The Morgan fingerprint density at radius 3 is 2.39 bits per heavy atom. The fraction of sp³-hybridized carbons (Fsp3) is 0.917. The molecule has 0 aromatic rings. The second-order valence-electron chi connectivity index (χ2n) is 5.54. The molecule has 1 aliphatic carbocycles. The molecule has 0 aromatic carbocycles. The fourth-order valence-corrected chi connectivity index (χ4v) is 3.44. The molecule has 2 N–H and O–H groups in total. The summed E-state index contributed by atoms with van der Waals surface area (Å²) < 4.78 is 25.9. The number of sulfonamides is 1. The monoisotopic (exact) mass is 277 g/mol. The lowest BCUT2D eigenvalue weighted by molar-refractivity contribution is -0.139. The van der Waals surface area contributed by atoms with Crippen LogP contribution in [0.4, 0.5) is 0 Å². The van der Waals surface area contributed by atoms with E-state index < -0.39 is 22.0 Å². The van der Waals surface area contributed by atoms with Gasteiger partial charge in [-0.15, -0.1) is 0 Å². The van der Waals surface area contributed by atoms with Crippen molar-refractivity contribution in [3.63, 3.8) is 0 Å². The Morgan fingerprint density at radius 1 is 1.39 bits per heavy atom. The van der Waals surface area contributed by atoms with Gasteiger partial charge in [0.2, 0.25) is 10.0 Å².